The van der Waals surface area contributed by atoms with E-state index in [1.807, 2.05) is 18.2 Å². The van der Waals surface area contributed by atoms with Gasteiger partial charge in [0, 0.05) is 12.0 Å². The molecule has 0 atom stereocenters. The number of carbonyl (C=O) groups excluding carboxylic acids is 1. The number of Topliss-reactive ketones (excluding diaryl/α,β-unsaturated/α-hetero) is 1. The predicted molar refractivity (Wildman–Crippen MR) is 75.0 cm³/mol. The van der Waals surface area contributed by atoms with Gasteiger partial charge in [0.2, 0.25) is 0 Å². The van der Waals surface area contributed by atoms with Gasteiger partial charge in [0.1, 0.15) is 0 Å². The molecule has 0 aliphatic carbocycles. The first-order chi connectivity index (χ1) is 9.72. The van der Waals surface area contributed by atoms with Gasteiger partial charge < -0.3 is 0 Å². The summed E-state index contributed by atoms with van der Waals surface area (Å²) in [6.45, 7) is 0. The zero-order valence-corrected chi connectivity index (χ0v) is 10.8. The number of hydrogen-bond donors (Lipinski definition) is 0. The number of nitriles is 2. The summed E-state index contributed by atoms with van der Waals surface area (Å²) in [5.74, 6) is 0.0388. The van der Waals surface area contributed by atoms with Gasteiger partial charge in [0.05, 0.1) is 23.3 Å². The Morgan fingerprint density at radius 1 is 0.950 bits per heavy atom. The van der Waals surface area contributed by atoms with Gasteiger partial charge in [-0.1, -0.05) is 24.3 Å². The summed E-state index contributed by atoms with van der Waals surface area (Å²) in [5, 5.41) is 17.5. The largest absolute Gasteiger partial charge is 0.294 e. The normalized spacial score (nSPS) is 9.50. The minimum Gasteiger partial charge on any atom is -0.294 e. The van der Waals surface area contributed by atoms with Gasteiger partial charge in [0.15, 0.2) is 5.78 Å². The van der Waals surface area contributed by atoms with E-state index in [1.165, 1.54) is 0 Å². The van der Waals surface area contributed by atoms with Crippen molar-refractivity contribution >= 4 is 5.78 Å². The van der Waals surface area contributed by atoms with E-state index < -0.39 is 0 Å². The van der Waals surface area contributed by atoms with Gasteiger partial charge in [-0.05, 0) is 36.2 Å². The SMILES string of the molecule is N#Cc1ccc(C(=O)CCc2cccc(C#N)c2)cc1. The van der Waals surface area contributed by atoms with Crippen LogP contribution in [0, 0.1) is 22.7 Å². The van der Waals surface area contributed by atoms with Crippen LogP contribution >= 0.6 is 0 Å². The highest BCUT2D eigenvalue weighted by molar-refractivity contribution is 5.96. The number of nitrogens with zero attached hydrogens (tertiary/aromatic N) is 2. The molecule has 3 heteroatoms. The van der Waals surface area contributed by atoms with Crippen LogP contribution in [0.4, 0.5) is 0 Å². The molecule has 0 aliphatic rings. The van der Waals surface area contributed by atoms with E-state index in [0.717, 1.165) is 5.56 Å². The van der Waals surface area contributed by atoms with E-state index in [9.17, 15) is 4.79 Å². The van der Waals surface area contributed by atoms with E-state index in [1.54, 1.807) is 36.4 Å². The second-order valence-electron chi connectivity index (χ2n) is 4.42. The maximum absolute atomic E-state index is 12.0. The smallest absolute Gasteiger partial charge is 0.163 e. The number of hydrogen-bond acceptors (Lipinski definition) is 3. The fourth-order valence-electron chi connectivity index (χ4n) is 1.93. The van der Waals surface area contributed by atoms with Crippen LogP contribution < -0.4 is 0 Å². The van der Waals surface area contributed by atoms with E-state index >= 15 is 0 Å². The molecule has 0 bridgehead atoms. The van der Waals surface area contributed by atoms with Gasteiger partial charge in [-0.3, -0.25) is 4.79 Å². The summed E-state index contributed by atoms with van der Waals surface area (Å²) in [6.07, 6.45) is 0.995. The first-order valence-electron chi connectivity index (χ1n) is 6.25. The standard InChI is InChI=1S/C17H12N2O/c18-11-14-4-7-16(8-5-14)17(20)9-6-13-2-1-3-15(10-13)12-19/h1-5,7-8,10H,6,9H2. The molecule has 0 aliphatic heterocycles. The van der Waals surface area contributed by atoms with Crippen LogP contribution in [-0.4, -0.2) is 5.78 Å². The van der Waals surface area contributed by atoms with Crippen LogP contribution in [-0.2, 0) is 6.42 Å². The molecule has 0 saturated carbocycles. The lowest BCUT2D eigenvalue weighted by atomic mass is 10.0. The van der Waals surface area contributed by atoms with Gasteiger partial charge in [-0.2, -0.15) is 10.5 Å². The number of benzene rings is 2. The van der Waals surface area contributed by atoms with Crippen molar-refractivity contribution in [2.45, 2.75) is 12.8 Å². The van der Waals surface area contributed by atoms with Crippen LogP contribution in [0.1, 0.15) is 33.5 Å². The van der Waals surface area contributed by atoms with Crippen LogP contribution in [0.15, 0.2) is 48.5 Å². The topological polar surface area (TPSA) is 64.7 Å². The van der Waals surface area contributed by atoms with Gasteiger partial charge in [-0.25, -0.2) is 0 Å². The Balaban J connectivity index is 2.01. The fraction of sp³-hybridized carbons (Fsp3) is 0.118. The average Bonchev–Trinajstić information content (AvgIpc) is 2.53. The minimum atomic E-state index is 0.0388. The molecule has 2 aromatic carbocycles. The third kappa shape index (κ3) is 3.31. The molecule has 0 N–H and O–H groups in total. The zero-order chi connectivity index (χ0) is 14.4. The molecule has 0 spiro atoms. The van der Waals surface area contributed by atoms with E-state index in [0.29, 0.717) is 29.5 Å². The van der Waals surface area contributed by atoms with Crippen LogP contribution in [0.2, 0.25) is 0 Å². The molecule has 0 heterocycles. The Bertz CT molecular complexity index is 703. The van der Waals surface area contributed by atoms with Gasteiger partial charge in [-0.15, -0.1) is 0 Å². The Morgan fingerprint density at radius 2 is 1.65 bits per heavy atom. The minimum absolute atomic E-state index is 0.0388. The zero-order valence-electron chi connectivity index (χ0n) is 10.8. The monoisotopic (exact) mass is 260 g/mol. The van der Waals surface area contributed by atoms with E-state index in [4.69, 9.17) is 10.5 Å². The number of ketones is 1. The van der Waals surface area contributed by atoms with Crippen molar-refractivity contribution in [1.29, 1.82) is 10.5 Å². The lowest BCUT2D eigenvalue weighted by Crippen LogP contribution is -2.01. The van der Waals surface area contributed by atoms with Crippen LogP contribution in [0.5, 0.6) is 0 Å². The van der Waals surface area contributed by atoms with Crippen molar-refractivity contribution in [1.82, 2.24) is 0 Å². The molecule has 0 unspecified atom stereocenters. The summed E-state index contributed by atoms with van der Waals surface area (Å²) >= 11 is 0. The molecule has 0 saturated heterocycles. The number of carbonyl (C=O) groups is 1. The second kappa shape index (κ2) is 6.31. The van der Waals surface area contributed by atoms with Crippen molar-refractivity contribution in [2.75, 3.05) is 0 Å². The summed E-state index contributed by atoms with van der Waals surface area (Å²) in [5.41, 5.74) is 2.74. The van der Waals surface area contributed by atoms with E-state index in [2.05, 4.69) is 6.07 Å². The molecule has 20 heavy (non-hydrogen) atoms. The Kier molecular flexibility index (Phi) is 4.27. The summed E-state index contributed by atoms with van der Waals surface area (Å²) < 4.78 is 0. The molecule has 0 fully saturated rings. The Labute approximate surface area is 117 Å². The molecule has 0 radical (unpaired) electrons. The van der Waals surface area contributed by atoms with Gasteiger partial charge >= 0.3 is 0 Å². The van der Waals surface area contributed by atoms with Gasteiger partial charge in [0.25, 0.3) is 0 Å². The first-order valence-corrected chi connectivity index (χ1v) is 6.25. The maximum Gasteiger partial charge on any atom is 0.163 e. The average molecular weight is 260 g/mol. The third-order valence-corrected chi connectivity index (χ3v) is 3.03. The number of aryl methyl sites for hydroxylation is 1. The van der Waals surface area contributed by atoms with Crippen molar-refractivity contribution in [2.24, 2.45) is 0 Å². The first kappa shape index (κ1) is 13.5. The van der Waals surface area contributed by atoms with Crippen molar-refractivity contribution in [3.8, 4) is 12.1 Å². The quantitative estimate of drug-likeness (QED) is 0.792. The van der Waals surface area contributed by atoms with Crippen molar-refractivity contribution in [3.05, 3.63) is 70.8 Å². The Hall–Kier alpha value is -2.91. The second-order valence-corrected chi connectivity index (χ2v) is 4.42. The number of rotatable bonds is 4. The molecule has 2 aromatic rings. The van der Waals surface area contributed by atoms with Crippen molar-refractivity contribution in [3.63, 3.8) is 0 Å². The molecule has 0 aromatic heterocycles. The maximum atomic E-state index is 12.0. The van der Waals surface area contributed by atoms with E-state index in [-0.39, 0.29) is 5.78 Å². The Morgan fingerprint density at radius 3 is 2.30 bits per heavy atom. The van der Waals surface area contributed by atoms with Crippen molar-refractivity contribution < 1.29 is 4.79 Å². The summed E-state index contributed by atoms with van der Waals surface area (Å²) in [4.78, 5) is 12.0. The molecule has 0 amide bonds. The molecule has 96 valence electrons. The highest BCUT2D eigenvalue weighted by Gasteiger charge is 2.06. The molecule has 3 nitrogen and oxygen atoms in total. The predicted octanol–water partition coefficient (Wildman–Crippen LogP) is 3.25. The third-order valence-electron chi connectivity index (χ3n) is 3.03. The lowest BCUT2D eigenvalue weighted by Gasteiger charge is -2.02. The molecular weight excluding hydrogens is 248 g/mol. The molecular formula is C17H12N2O. The highest BCUT2D eigenvalue weighted by Crippen LogP contribution is 2.11. The summed E-state index contributed by atoms with van der Waals surface area (Å²) in [6, 6.07) is 18.0. The summed E-state index contributed by atoms with van der Waals surface area (Å²) in [7, 11) is 0. The lowest BCUT2D eigenvalue weighted by molar-refractivity contribution is 0.0983. The fourth-order valence-corrected chi connectivity index (χ4v) is 1.93. The highest BCUT2D eigenvalue weighted by atomic mass is 16.1. The van der Waals surface area contributed by atoms with Crippen LogP contribution in [0.25, 0.3) is 0 Å². The van der Waals surface area contributed by atoms with Crippen LogP contribution in [0.3, 0.4) is 0 Å². The molecule has 2 rings (SSSR count).